The number of hydrogen-bond acceptors (Lipinski definition) is 3. The van der Waals surface area contributed by atoms with Crippen LogP contribution in [0.5, 0.6) is 0 Å². The molecular weight excluding hydrogens is 289 g/mol. The van der Waals surface area contributed by atoms with Gasteiger partial charge in [0.25, 0.3) is 0 Å². The molecule has 16 heavy (non-hydrogen) atoms. The van der Waals surface area contributed by atoms with Gasteiger partial charge in [-0.05, 0) is 52.7 Å². The molecule has 1 aliphatic carbocycles. The monoisotopic (exact) mass is 303 g/mol. The summed E-state index contributed by atoms with van der Waals surface area (Å²) >= 11 is 9.33. The molecule has 1 aromatic rings. The molecule has 2 rings (SSSR count). The molecule has 0 spiro atoms. The molecular formula is C11H15BrClN3. The van der Waals surface area contributed by atoms with Gasteiger partial charge in [0.2, 0.25) is 5.28 Å². The number of halogens is 2. The SMILES string of the molecule is CCCN(CC1CC1)c1nc(Cl)ncc1Br. The molecule has 0 radical (unpaired) electrons. The smallest absolute Gasteiger partial charge is 0.224 e. The first kappa shape index (κ1) is 12.1. The second-order valence-electron chi connectivity index (χ2n) is 4.20. The molecule has 1 fully saturated rings. The van der Waals surface area contributed by atoms with E-state index in [0.717, 1.165) is 35.7 Å². The molecule has 0 aromatic carbocycles. The molecule has 0 amide bonds. The van der Waals surface area contributed by atoms with Crippen molar-refractivity contribution in [2.45, 2.75) is 26.2 Å². The van der Waals surface area contributed by atoms with Crippen LogP contribution in [-0.4, -0.2) is 23.1 Å². The molecule has 0 N–H and O–H groups in total. The van der Waals surface area contributed by atoms with Crippen molar-refractivity contribution in [1.82, 2.24) is 9.97 Å². The summed E-state index contributed by atoms with van der Waals surface area (Å²) in [6.07, 6.45) is 5.52. The summed E-state index contributed by atoms with van der Waals surface area (Å²) in [7, 11) is 0. The number of hydrogen-bond donors (Lipinski definition) is 0. The van der Waals surface area contributed by atoms with Gasteiger partial charge in [-0.3, -0.25) is 0 Å². The number of anilines is 1. The van der Waals surface area contributed by atoms with Crippen LogP contribution in [-0.2, 0) is 0 Å². The number of rotatable bonds is 5. The van der Waals surface area contributed by atoms with E-state index in [0.29, 0.717) is 5.28 Å². The van der Waals surface area contributed by atoms with E-state index in [1.165, 1.54) is 12.8 Å². The quantitative estimate of drug-likeness (QED) is 0.779. The molecule has 0 aliphatic heterocycles. The lowest BCUT2D eigenvalue weighted by Gasteiger charge is -2.23. The Kier molecular flexibility index (Phi) is 4.03. The molecule has 1 aliphatic rings. The van der Waals surface area contributed by atoms with Gasteiger partial charge in [0.1, 0.15) is 5.82 Å². The minimum Gasteiger partial charge on any atom is -0.355 e. The molecule has 5 heteroatoms. The second kappa shape index (κ2) is 5.32. The molecule has 0 bridgehead atoms. The zero-order chi connectivity index (χ0) is 11.5. The van der Waals surface area contributed by atoms with E-state index in [-0.39, 0.29) is 0 Å². The fourth-order valence-electron chi connectivity index (χ4n) is 1.72. The highest BCUT2D eigenvalue weighted by Gasteiger charge is 2.25. The van der Waals surface area contributed by atoms with E-state index in [1.807, 2.05) is 0 Å². The van der Waals surface area contributed by atoms with Crippen molar-refractivity contribution in [2.75, 3.05) is 18.0 Å². The Morgan fingerprint density at radius 1 is 1.56 bits per heavy atom. The summed E-state index contributed by atoms with van der Waals surface area (Å²) in [6, 6.07) is 0. The van der Waals surface area contributed by atoms with Crippen LogP contribution in [0.3, 0.4) is 0 Å². The maximum absolute atomic E-state index is 5.84. The minimum atomic E-state index is 0.315. The highest BCUT2D eigenvalue weighted by molar-refractivity contribution is 9.10. The van der Waals surface area contributed by atoms with Crippen LogP contribution < -0.4 is 4.90 Å². The fourth-order valence-corrected chi connectivity index (χ4v) is 2.30. The molecule has 0 unspecified atom stereocenters. The lowest BCUT2D eigenvalue weighted by atomic mass is 10.3. The molecule has 3 nitrogen and oxygen atoms in total. The van der Waals surface area contributed by atoms with E-state index in [4.69, 9.17) is 11.6 Å². The largest absolute Gasteiger partial charge is 0.355 e. The Bertz CT molecular complexity index is 368. The predicted octanol–water partition coefficient (Wildman–Crippen LogP) is 3.52. The van der Waals surface area contributed by atoms with Crippen LogP contribution in [0.2, 0.25) is 5.28 Å². The first-order valence-electron chi connectivity index (χ1n) is 5.63. The van der Waals surface area contributed by atoms with Crippen molar-refractivity contribution >= 4 is 33.3 Å². The highest BCUT2D eigenvalue weighted by Crippen LogP contribution is 2.33. The van der Waals surface area contributed by atoms with Crippen LogP contribution >= 0.6 is 27.5 Å². The van der Waals surface area contributed by atoms with Gasteiger partial charge in [0.05, 0.1) is 4.47 Å². The Morgan fingerprint density at radius 2 is 2.31 bits per heavy atom. The van der Waals surface area contributed by atoms with Gasteiger partial charge in [-0.2, -0.15) is 4.98 Å². The molecule has 0 saturated heterocycles. The maximum atomic E-state index is 5.84. The van der Waals surface area contributed by atoms with Gasteiger partial charge in [0.15, 0.2) is 0 Å². The third-order valence-corrected chi connectivity index (χ3v) is 3.41. The van der Waals surface area contributed by atoms with Gasteiger partial charge in [-0.15, -0.1) is 0 Å². The van der Waals surface area contributed by atoms with E-state index in [1.54, 1.807) is 6.20 Å². The molecule has 1 aromatic heterocycles. The van der Waals surface area contributed by atoms with Gasteiger partial charge in [-0.1, -0.05) is 6.92 Å². The summed E-state index contributed by atoms with van der Waals surface area (Å²) in [5.41, 5.74) is 0. The lowest BCUT2D eigenvalue weighted by Crippen LogP contribution is -2.28. The van der Waals surface area contributed by atoms with E-state index in [2.05, 4.69) is 37.7 Å². The van der Waals surface area contributed by atoms with Crippen LogP contribution in [0, 0.1) is 5.92 Å². The van der Waals surface area contributed by atoms with Crippen LogP contribution in [0.4, 0.5) is 5.82 Å². The molecule has 1 heterocycles. The van der Waals surface area contributed by atoms with Crippen molar-refractivity contribution in [3.05, 3.63) is 16.0 Å². The lowest BCUT2D eigenvalue weighted by molar-refractivity contribution is 0.696. The average Bonchev–Trinajstić information content (AvgIpc) is 3.05. The Labute approximate surface area is 109 Å². The predicted molar refractivity (Wildman–Crippen MR) is 70.0 cm³/mol. The summed E-state index contributed by atoms with van der Waals surface area (Å²) in [4.78, 5) is 10.6. The van der Waals surface area contributed by atoms with E-state index in [9.17, 15) is 0 Å². The number of aromatic nitrogens is 2. The van der Waals surface area contributed by atoms with E-state index < -0.39 is 0 Å². The number of nitrogens with zero attached hydrogens (tertiary/aromatic N) is 3. The zero-order valence-electron chi connectivity index (χ0n) is 9.29. The Morgan fingerprint density at radius 3 is 2.94 bits per heavy atom. The standard InChI is InChI=1S/C11H15BrClN3/c1-2-5-16(7-8-3-4-8)10-9(12)6-14-11(13)15-10/h6,8H,2-5,7H2,1H3. The summed E-state index contributed by atoms with van der Waals surface area (Å²) in [5.74, 6) is 1.76. The first-order chi connectivity index (χ1) is 7.70. The zero-order valence-corrected chi connectivity index (χ0v) is 11.6. The van der Waals surface area contributed by atoms with Crippen LogP contribution in [0.25, 0.3) is 0 Å². The second-order valence-corrected chi connectivity index (χ2v) is 5.39. The Hall–Kier alpha value is -0.350. The third-order valence-electron chi connectivity index (χ3n) is 2.66. The molecule has 1 saturated carbocycles. The normalized spacial score (nSPS) is 15.2. The highest BCUT2D eigenvalue weighted by atomic mass is 79.9. The maximum Gasteiger partial charge on any atom is 0.224 e. The van der Waals surface area contributed by atoms with Crippen LogP contribution in [0.15, 0.2) is 10.7 Å². The first-order valence-corrected chi connectivity index (χ1v) is 6.80. The molecule has 0 atom stereocenters. The summed E-state index contributed by atoms with van der Waals surface area (Å²) in [5, 5.41) is 0.315. The van der Waals surface area contributed by atoms with Crippen molar-refractivity contribution < 1.29 is 0 Å². The Balaban J connectivity index is 2.18. The van der Waals surface area contributed by atoms with Gasteiger partial charge in [-0.25, -0.2) is 4.98 Å². The van der Waals surface area contributed by atoms with E-state index >= 15 is 0 Å². The van der Waals surface area contributed by atoms with Gasteiger partial charge >= 0.3 is 0 Å². The molecule has 88 valence electrons. The van der Waals surface area contributed by atoms with Gasteiger partial charge < -0.3 is 4.90 Å². The van der Waals surface area contributed by atoms with Gasteiger partial charge in [0, 0.05) is 19.3 Å². The summed E-state index contributed by atoms with van der Waals surface area (Å²) in [6.45, 7) is 4.28. The minimum absolute atomic E-state index is 0.315. The van der Waals surface area contributed by atoms with Crippen molar-refractivity contribution in [3.8, 4) is 0 Å². The van der Waals surface area contributed by atoms with Crippen molar-refractivity contribution in [3.63, 3.8) is 0 Å². The van der Waals surface area contributed by atoms with Crippen molar-refractivity contribution in [1.29, 1.82) is 0 Å². The topological polar surface area (TPSA) is 29.0 Å². The van der Waals surface area contributed by atoms with Crippen LogP contribution in [0.1, 0.15) is 26.2 Å². The third kappa shape index (κ3) is 3.08. The average molecular weight is 305 g/mol. The fraction of sp³-hybridized carbons (Fsp3) is 0.636. The summed E-state index contributed by atoms with van der Waals surface area (Å²) < 4.78 is 0.922. The van der Waals surface area contributed by atoms with Crippen molar-refractivity contribution in [2.24, 2.45) is 5.92 Å².